The second kappa shape index (κ2) is 4.90. The summed E-state index contributed by atoms with van der Waals surface area (Å²) in [5.41, 5.74) is 1.64. The van der Waals surface area contributed by atoms with Gasteiger partial charge in [-0.2, -0.15) is 0 Å². The summed E-state index contributed by atoms with van der Waals surface area (Å²) in [7, 11) is 0. The quantitative estimate of drug-likeness (QED) is 0.843. The van der Waals surface area contributed by atoms with Gasteiger partial charge >= 0.3 is 6.03 Å². The number of halogens is 1. The lowest BCUT2D eigenvalue weighted by Gasteiger charge is -2.18. The van der Waals surface area contributed by atoms with Gasteiger partial charge in [-0.15, -0.1) is 0 Å². The van der Waals surface area contributed by atoms with Gasteiger partial charge in [-0.05, 0) is 30.3 Å². The molecule has 0 saturated carbocycles. The summed E-state index contributed by atoms with van der Waals surface area (Å²) in [4.78, 5) is 19.9. The molecular formula is C14H12ClN3O. The molecule has 3 rings (SSSR count). The largest absolute Gasteiger partial charge is 0.329 e. The van der Waals surface area contributed by atoms with Crippen LogP contribution in [0.5, 0.6) is 0 Å². The fourth-order valence-electron chi connectivity index (χ4n) is 2.17. The molecule has 1 aromatic carbocycles. The van der Waals surface area contributed by atoms with Crippen LogP contribution >= 0.6 is 11.6 Å². The van der Waals surface area contributed by atoms with Crippen LogP contribution in [0.1, 0.15) is 0 Å². The molecule has 0 atom stereocenters. The minimum absolute atomic E-state index is 0.0460. The van der Waals surface area contributed by atoms with Crippen molar-refractivity contribution in [2.75, 3.05) is 22.9 Å². The summed E-state index contributed by atoms with van der Waals surface area (Å²) in [5, 5.41) is 0.630. The van der Waals surface area contributed by atoms with Crippen molar-refractivity contribution in [3.63, 3.8) is 0 Å². The van der Waals surface area contributed by atoms with E-state index in [1.54, 1.807) is 34.3 Å². The SMILES string of the molecule is O=C1N(c2cccnc2)CCN1c1cccc(Cl)c1. The van der Waals surface area contributed by atoms with Crippen LogP contribution in [0.25, 0.3) is 0 Å². The van der Waals surface area contributed by atoms with Crippen LogP contribution in [0.4, 0.5) is 16.2 Å². The third kappa shape index (κ3) is 2.27. The number of amides is 2. The molecule has 1 aliphatic heterocycles. The normalized spacial score (nSPS) is 15.1. The summed E-state index contributed by atoms with van der Waals surface area (Å²) in [5.74, 6) is 0. The predicted octanol–water partition coefficient (Wildman–Crippen LogP) is 3.18. The van der Waals surface area contributed by atoms with Crippen molar-refractivity contribution >= 4 is 29.0 Å². The van der Waals surface area contributed by atoms with E-state index in [0.717, 1.165) is 11.4 Å². The maximum atomic E-state index is 12.4. The van der Waals surface area contributed by atoms with Crippen LogP contribution < -0.4 is 9.80 Å². The van der Waals surface area contributed by atoms with Gasteiger partial charge < -0.3 is 0 Å². The molecule has 96 valence electrons. The lowest BCUT2D eigenvalue weighted by atomic mass is 10.3. The van der Waals surface area contributed by atoms with Crippen molar-refractivity contribution in [1.29, 1.82) is 0 Å². The number of hydrogen-bond donors (Lipinski definition) is 0. The molecule has 2 amide bonds. The molecule has 1 aliphatic rings. The Bertz CT molecular complexity index is 603. The van der Waals surface area contributed by atoms with Crippen LogP contribution in [-0.2, 0) is 0 Å². The van der Waals surface area contributed by atoms with Crippen LogP contribution in [0, 0.1) is 0 Å². The van der Waals surface area contributed by atoms with E-state index in [1.165, 1.54) is 0 Å². The first-order valence-corrected chi connectivity index (χ1v) is 6.38. The van der Waals surface area contributed by atoms with Gasteiger partial charge in [0.1, 0.15) is 0 Å². The lowest BCUT2D eigenvalue weighted by molar-refractivity contribution is 0.256. The van der Waals surface area contributed by atoms with E-state index in [0.29, 0.717) is 18.1 Å². The predicted molar refractivity (Wildman–Crippen MR) is 75.8 cm³/mol. The van der Waals surface area contributed by atoms with E-state index in [1.807, 2.05) is 24.3 Å². The Morgan fingerprint density at radius 3 is 2.47 bits per heavy atom. The summed E-state index contributed by atoms with van der Waals surface area (Å²) in [6.07, 6.45) is 3.39. The molecule has 0 bridgehead atoms. The highest BCUT2D eigenvalue weighted by Crippen LogP contribution is 2.26. The summed E-state index contributed by atoms with van der Waals surface area (Å²) in [6.45, 7) is 1.30. The molecule has 1 aromatic heterocycles. The van der Waals surface area contributed by atoms with Gasteiger partial charge in [-0.3, -0.25) is 14.8 Å². The van der Waals surface area contributed by atoms with Crippen molar-refractivity contribution in [2.45, 2.75) is 0 Å². The average molecular weight is 274 g/mol. The van der Waals surface area contributed by atoms with E-state index in [4.69, 9.17) is 11.6 Å². The molecular weight excluding hydrogens is 262 g/mol. The number of hydrogen-bond acceptors (Lipinski definition) is 2. The average Bonchev–Trinajstić information content (AvgIpc) is 2.81. The zero-order valence-electron chi connectivity index (χ0n) is 10.2. The highest BCUT2D eigenvalue weighted by atomic mass is 35.5. The van der Waals surface area contributed by atoms with Gasteiger partial charge in [0.25, 0.3) is 0 Å². The number of carbonyl (C=O) groups excluding carboxylic acids is 1. The number of anilines is 2. The molecule has 1 fully saturated rings. The Kier molecular flexibility index (Phi) is 3.09. The monoisotopic (exact) mass is 273 g/mol. The number of aromatic nitrogens is 1. The van der Waals surface area contributed by atoms with Crippen LogP contribution in [0.2, 0.25) is 5.02 Å². The first-order valence-electron chi connectivity index (χ1n) is 6.00. The molecule has 0 unspecified atom stereocenters. The summed E-state index contributed by atoms with van der Waals surface area (Å²) < 4.78 is 0. The number of pyridine rings is 1. The van der Waals surface area contributed by atoms with E-state index in [2.05, 4.69) is 4.98 Å². The minimum Gasteiger partial charge on any atom is -0.292 e. The molecule has 0 spiro atoms. The third-order valence-corrected chi connectivity index (χ3v) is 3.32. The Morgan fingerprint density at radius 2 is 1.79 bits per heavy atom. The van der Waals surface area contributed by atoms with E-state index >= 15 is 0 Å². The number of nitrogens with zero attached hydrogens (tertiary/aromatic N) is 3. The molecule has 2 heterocycles. The Hall–Kier alpha value is -2.07. The van der Waals surface area contributed by atoms with Crippen molar-refractivity contribution in [3.8, 4) is 0 Å². The van der Waals surface area contributed by atoms with E-state index < -0.39 is 0 Å². The molecule has 0 radical (unpaired) electrons. The maximum Gasteiger partial charge on any atom is 0.329 e. The van der Waals surface area contributed by atoms with Crippen LogP contribution in [-0.4, -0.2) is 24.1 Å². The first-order chi connectivity index (χ1) is 9.25. The Balaban J connectivity index is 1.87. The molecule has 4 nitrogen and oxygen atoms in total. The maximum absolute atomic E-state index is 12.4. The van der Waals surface area contributed by atoms with Gasteiger partial charge in [-0.1, -0.05) is 17.7 Å². The lowest BCUT2D eigenvalue weighted by Crippen LogP contribution is -2.31. The fraction of sp³-hybridized carbons (Fsp3) is 0.143. The summed E-state index contributed by atoms with van der Waals surface area (Å²) in [6, 6.07) is 11.0. The Morgan fingerprint density at radius 1 is 1.05 bits per heavy atom. The second-order valence-electron chi connectivity index (χ2n) is 4.28. The number of carbonyl (C=O) groups is 1. The fourth-order valence-corrected chi connectivity index (χ4v) is 2.36. The van der Waals surface area contributed by atoms with Crippen LogP contribution in [0.3, 0.4) is 0 Å². The molecule has 1 saturated heterocycles. The highest BCUT2D eigenvalue weighted by Gasteiger charge is 2.30. The van der Waals surface area contributed by atoms with Crippen LogP contribution in [0.15, 0.2) is 48.8 Å². The minimum atomic E-state index is -0.0460. The number of benzene rings is 1. The van der Waals surface area contributed by atoms with Crippen molar-refractivity contribution in [3.05, 3.63) is 53.8 Å². The number of rotatable bonds is 2. The second-order valence-corrected chi connectivity index (χ2v) is 4.71. The van der Waals surface area contributed by atoms with E-state index in [-0.39, 0.29) is 6.03 Å². The standard InChI is InChI=1S/C14H12ClN3O/c15-11-3-1-4-12(9-11)17-7-8-18(14(17)19)13-5-2-6-16-10-13/h1-6,9-10H,7-8H2. The molecule has 0 N–H and O–H groups in total. The van der Waals surface area contributed by atoms with E-state index in [9.17, 15) is 4.79 Å². The van der Waals surface area contributed by atoms with Crippen molar-refractivity contribution in [1.82, 2.24) is 4.98 Å². The highest BCUT2D eigenvalue weighted by molar-refractivity contribution is 6.31. The van der Waals surface area contributed by atoms with Crippen molar-refractivity contribution < 1.29 is 4.79 Å². The first kappa shape index (κ1) is 12.0. The molecule has 0 aliphatic carbocycles. The molecule has 5 heteroatoms. The van der Waals surface area contributed by atoms with Gasteiger partial charge in [0, 0.05) is 30.0 Å². The summed E-state index contributed by atoms with van der Waals surface area (Å²) >= 11 is 5.96. The van der Waals surface area contributed by atoms with Gasteiger partial charge in [0.2, 0.25) is 0 Å². The molecule has 2 aromatic rings. The Labute approximate surface area is 116 Å². The van der Waals surface area contributed by atoms with Gasteiger partial charge in [0.05, 0.1) is 11.9 Å². The zero-order chi connectivity index (χ0) is 13.2. The van der Waals surface area contributed by atoms with Gasteiger partial charge in [-0.25, -0.2) is 4.79 Å². The van der Waals surface area contributed by atoms with Crippen molar-refractivity contribution in [2.24, 2.45) is 0 Å². The molecule has 19 heavy (non-hydrogen) atoms. The number of urea groups is 1. The third-order valence-electron chi connectivity index (χ3n) is 3.09. The topological polar surface area (TPSA) is 36.4 Å². The smallest absolute Gasteiger partial charge is 0.292 e. The van der Waals surface area contributed by atoms with Gasteiger partial charge in [0.15, 0.2) is 0 Å². The zero-order valence-corrected chi connectivity index (χ0v) is 10.9.